The van der Waals surface area contributed by atoms with E-state index < -0.39 is 0 Å². The molecule has 0 saturated carbocycles. The number of benzene rings is 1. The summed E-state index contributed by atoms with van der Waals surface area (Å²) in [6.07, 6.45) is 0.316. The van der Waals surface area contributed by atoms with Crippen molar-refractivity contribution in [1.82, 2.24) is 4.98 Å². The number of nitrogens with one attached hydrogen (secondary N) is 1. The van der Waals surface area contributed by atoms with E-state index in [9.17, 15) is 5.11 Å². The van der Waals surface area contributed by atoms with Crippen molar-refractivity contribution >= 4 is 32.5 Å². The van der Waals surface area contributed by atoms with E-state index in [1.807, 2.05) is 24.3 Å². The number of halogens is 1. The number of aromatic hydroxyl groups is 1. The molecular formula is C11H9BrN4O. The number of hydrogen-bond donors (Lipinski definition) is 2. The molecule has 0 amide bonds. The highest BCUT2D eigenvalue weighted by molar-refractivity contribution is 9.10. The van der Waals surface area contributed by atoms with Gasteiger partial charge in [-0.05, 0) is 18.2 Å². The van der Waals surface area contributed by atoms with E-state index in [2.05, 4.69) is 31.1 Å². The van der Waals surface area contributed by atoms with E-state index >= 15 is 0 Å². The standard InChI is InChI=1S/C11H9BrN4O/c12-7-2-3-9-8(6-7)10(11(17)15-9)16-14-5-1-4-13/h2-3,6,15,17H,1,5H2. The van der Waals surface area contributed by atoms with E-state index in [1.54, 1.807) is 0 Å². The summed E-state index contributed by atoms with van der Waals surface area (Å²) < 4.78 is 0.900. The molecular weight excluding hydrogens is 284 g/mol. The molecule has 1 heterocycles. The van der Waals surface area contributed by atoms with Crippen molar-refractivity contribution < 1.29 is 5.11 Å². The fourth-order valence-corrected chi connectivity index (χ4v) is 1.82. The maximum absolute atomic E-state index is 9.69. The van der Waals surface area contributed by atoms with E-state index in [4.69, 9.17) is 5.26 Å². The quantitative estimate of drug-likeness (QED) is 0.668. The van der Waals surface area contributed by atoms with Crippen molar-refractivity contribution in [2.24, 2.45) is 10.2 Å². The molecule has 0 unspecified atom stereocenters. The minimum atomic E-state index is -0.0150. The van der Waals surface area contributed by atoms with Gasteiger partial charge in [-0.15, -0.1) is 5.11 Å². The van der Waals surface area contributed by atoms with Crippen molar-refractivity contribution in [3.63, 3.8) is 0 Å². The van der Waals surface area contributed by atoms with Crippen LogP contribution in [0.2, 0.25) is 0 Å². The predicted octanol–water partition coefficient (Wildman–Crippen LogP) is 3.63. The number of nitriles is 1. The average molecular weight is 293 g/mol. The molecule has 0 fully saturated rings. The minimum Gasteiger partial charge on any atom is -0.493 e. The number of hydrogen-bond acceptors (Lipinski definition) is 4. The molecule has 0 atom stereocenters. The number of rotatable bonds is 3. The monoisotopic (exact) mass is 292 g/mol. The molecule has 0 bridgehead atoms. The van der Waals surface area contributed by atoms with Crippen LogP contribution in [0.5, 0.6) is 5.88 Å². The zero-order valence-corrected chi connectivity index (χ0v) is 10.4. The molecule has 5 nitrogen and oxygen atoms in total. The Morgan fingerprint density at radius 3 is 3.06 bits per heavy atom. The van der Waals surface area contributed by atoms with Crippen LogP contribution in [0.15, 0.2) is 32.9 Å². The van der Waals surface area contributed by atoms with Crippen molar-refractivity contribution in [3.05, 3.63) is 22.7 Å². The molecule has 0 spiro atoms. The van der Waals surface area contributed by atoms with Gasteiger partial charge >= 0.3 is 0 Å². The summed E-state index contributed by atoms with van der Waals surface area (Å²) >= 11 is 3.36. The second-order valence-electron chi connectivity index (χ2n) is 3.39. The van der Waals surface area contributed by atoms with E-state index in [1.165, 1.54) is 0 Å². The Kier molecular flexibility index (Phi) is 3.40. The summed E-state index contributed by atoms with van der Waals surface area (Å²) in [5, 5.41) is 26.7. The minimum absolute atomic E-state index is 0.0150. The third-order valence-corrected chi connectivity index (χ3v) is 2.70. The molecule has 0 aliphatic heterocycles. The molecule has 17 heavy (non-hydrogen) atoms. The van der Waals surface area contributed by atoms with Gasteiger partial charge in [0.1, 0.15) is 0 Å². The highest BCUT2D eigenvalue weighted by Crippen LogP contribution is 2.36. The van der Waals surface area contributed by atoms with Crippen LogP contribution in [0.25, 0.3) is 10.9 Å². The van der Waals surface area contributed by atoms with Gasteiger partial charge in [-0.1, -0.05) is 15.9 Å². The molecule has 2 N–H and O–H groups in total. The average Bonchev–Trinajstić information content (AvgIpc) is 2.61. The summed E-state index contributed by atoms with van der Waals surface area (Å²) in [6.45, 7) is 0.330. The number of H-pyrrole nitrogens is 1. The van der Waals surface area contributed by atoms with Gasteiger partial charge in [0.15, 0.2) is 5.69 Å². The normalized spacial score (nSPS) is 11.1. The molecule has 6 heteroatoms. The van der Waals surface area contributed by atoms with E-state index in [-0.39, 0.29) is 5.88 Å². The largest absolute Gasteiger partial charge is 0.493 e. The number of azo groups is 1. The first-order valence-corrected chi connectivity index (χ1v) is 5.76. The summed E-state index contributed by atoms with van der Waals surface area (Å²) in [7, 11) is 0. The molecule has 2 aromatic rings. The van der Waals surface area contributed by atoms with Crippen LogP contribution in [0.3, 0.4) is 0 Å². The Bertz CT molecular complexity index is 612. The number of fused-ring (bicyclic) bond motifs is 1. The lowest BCUT2D eigenvalue weighted by Crippen LogP contribution is -1.73. The lowest BCUT2D eigenvalue weighted by molar-refractivity contribution is 0.459. The van der Waals surface area contributed by atoms with Gasteiger partial charge in [0.05, 0.1) is 24.6 Å². The molecule has 1 aromatic carbocycles. The van der Waals surface area contributed by atoms with Crippen molar-refractivity contribution in [1.29, 1.82) is 5.26 Å². The van der Waals surface area contributed by atoms with Crippen molar-refractivity contribution in [3.8, 4) is 11.9 Å². The molecule has 0 aliphatic carbocycles. The lowest BCUT2D eigenvalue weighted by atomic mass is 10.2. The first kappa shape index (κ1) is 11.6. The smallest absolute Gasteiger partial charge is 0.218 e. The summed E-state index contributed by atoms with van der Waals surface area (Å²) in [4.78, 5) is 2.81. The predicted molar refractivity (Wildman–Crippen MR) is 67.3 cm³/mol. The fraction of sp³-hybridized carbons (Fsp3) is 0.182. The summed E-state index contributed by atoms with van der Waals surface area (Å²) in [6, 6.07) is 7.54. The molecule has 2 rings (SSSR count). The van der Waals surface area contributed by atoms with E-state index in [0.29, 0.717) is 18.7 Å². The molecule has 0 radical (unpaired) electrons. The second kappa shape index (κ2) is 4.97. The number of nitrogens with zero attached hydrogens (tertiary/aromatic N) is 3. The Balaban J connectivity index is 2.39. The Morgan fingerprint density at radius 2 is 2.29 bits per heavy atom. The first-order chi connectivity index (χ1) is 8.22. The third-order valence-electron chi connectivity index (χ3n) is 2.21. The molecule has 0 saturated heterocycles. The van der Waals surface area contributed by atoms with Crippen LogP contribution in [0.4, 0.5) is 5.69 Å². The van der Waals surface area contributed by atoms with Crippen LogP contribution >= 0.6 is 15.9 Å². The summed E-state index contributed by atoms with van der Waals surface area (Å²) in [5.74, 6) is -0.0150. The van der Waals surface area contributed by atoms with Crippen LogP contribution in [-0.2, 0) is 0 Å². The Morgan fingerprint density at radius 1 is 1.47 bits per heavy atom. The van der Waals surface area contributed by atoms with Crippen molar-refractivity contribution in [2.45, 2.75) is 6.42 Å². The Hall–Kier alpha value is -1.87. The molecule has 1 aromatic heterocycles. The maximum Gasteiger partial charge on any atom is 0.218 e. The van der Waals surface area contributed by atoms with Gasteiger partial charge in [0.2, 0.25) is 5.88 Å². The zero-order valence-electron chi connectivity index (χ0n) is 8.81. The van der Waals surface area contributed by atoms with Gasteiger partial charge < -0.3 is 10.1 Å². The van der Waals surface area contributed by atoms with Gasteiger partial charge in [0.25, 0.3) is 0 Å². The van der Waals surface area contributed by atoms with Crippen LogP contribution < -0.4 is 0 Å². The maximum atomic E-state index is 9.69. The highest BCUT2D eigenvalue weighted by atomic mass is 79.9. The SMILES string of the molecule is N#CCCN=Nc1c(O)[nH]c2ccc(Br)cc12. The van der Waals surface area contributed by atoms with Crippen LogP contribution in [0, 0.1) is 11.3 Å². The van der Waals surface area contributed by atoms with E-state index in [0.717, 1.165) is 15.4 Å². The Labute approximate surface area is 106 Å². The van der Waals surface area contributed by atoms with Crippen molar-refractivity contribution in [2.75, 3.05) is 6.54 Å². The summed E-state index contributed by atoms with van der Waals surface area (Å²) in [5.41, 5.74) is 1.19. The van der Waals surface area contributed by atoms with Gasteiger partial charge in [-0.2, -0.15) is 10.4 Å². The number of aromatic nitrogens is 1. The molecule has 86 valence electrons. The van der Waals surface area contributed by atoms with Crippen LogP contribution in [0.1, 0.15) is 6.42 Å². The second-order valence-corrected chi connectivity index (χ2v) is 4.30. The third kappa shape index (κ3) is 2.45. The zero-order chi connectivity index (χ0) is 12.3. The molecule has 0 aliphatic rings. The fourth-order valence-electron chi connectivity index (χ4n) is 1.46. The number of aromatic amines is 1. The highest BCUT2D eigenvalue weighted by Gasteiger charge is 2.10. The van der Waals surface area contributed by atoms with Gasteiger partial charge in [-0.3, -0.25) is 0 Å². The topological polar surface area (TPSA) is 84.5 Å². The van der Waals surface area contributed by atoms with Gasteiger partial charge in [0, 0.05) is 9.86 Å². The van der Waals surface area contributed by atoms with Crippen LogP contribution in [-0.4, -0.2) is 16.6 Å². The first-order valence-electron chi connectivity index (χ1n) is 4.97. The lowest BCUT2D eigenvalue weighted by Gasteiger charge is -1.92. The van der Waals surface area contributed by atoms with Gasteiger partial charge in [-0.25, -0.2) is 0 Å².